The first-order valence-electron chi connectivity index (χ1n) is 10.4. The minimum absolute atomic E-state index is 0.00367. The van der Waals surface area contributed by atoms with Gasteiger partial charge in [-0.2, -0.15) is 0 Å². The summed E-state index contributed by atoms with van der Waals surface area (Å²) >= 11 is 0. The van der Waals surface area contributed by atoms with E-state index in [1.165, 1.54) is 16.7 Å². The molecule has 5 nitrogen and oxygen atoms in total. The molecular weight excluding hydrogens is 364 g/mol. The van der Waals surface area contributed by atoms with Crippen LogP contribution in [0.25, 0.3) is 0 Å². The van der Waals surface area contributed by atoms with Gasteiger partial charge in [0.25, 0.3) is 0 Å². The first-order chi connectivity index (χ1) is 14.1. The minimum Gasteiger partial charge on any atom is -0.493 e. The smallest absolute Gasteiger partial charge is 0.223 e. The van der Waals surface area contributed by atoms with Crippen LogP contribution in [-0.4, -0.2) is 37.6 Å². The van der Waals surface area contributed by atoms with Crippen LogP contribution in [0.3, 0.4) is 0 Å². The second-order valence-corrected chi connectivity index (χ2v) is 8.13. The zero-order chi connectivity index (χ0) is 20.4. The van der Waals surface area contributed by atoms with Gasteiger partial charge in [-0.05, 0) is 55.0 Å². The molecule has 5 heteroatoms. The largest absolute Gasteiger partial charge is 0.493 e. The number of carbonyl (C=O) groups is 1. The second kappa shape index (κ2) is 8.46. The molecule has 154 valence electrons. The predicted octanol–water partition coefficient (Wildman–Crippen LogP) is 3.72. The molecule has 0 radical (unpaired) electrons. The fraction of sp³-hybridized carbons (Fsp3) is 0.458. The van der Waals surface area contributed by atoms with Crippen LogP contribution in [-0.2, 0) is 17.8 Å². The van der Waals surface area contributed by atoms with Crippen molar-refractivity contribution >= 4 is 5.91 Å². The molecule has 2 aliphatic rings. The number of carbonyl (C=O) groups excluding carboxylic acids is 1. The highest BCUT2D eigenvalue weighted by Crippen LogP contribution is 2.40. The molecule has 1 fully saturated rings. The van der Waals surface area contributed by atoms with Gasteiger partial charge in [0, 0.05) is 25.0 Å². The minimum atomic E-state index is 0.00367. The number of hydrogen-bond acceptors (Lipinski definition) is 4. The molecule has 1 amide bonds. The van der Waals surface area contributed by atoms with E-state index in [0.717, 1.165) is 43.9 Å². The van der Waals surface area contributed by atoms with Gasteiger partial charge in [-0.25, -0.2) is 0 Å². The number of benzene rings is 2. The number of nitrogens with one attached hydrogen (secondary N) is 1. The Morgan fingerprint density at radius 1 is 1.14 bits per heavy atom. The molecule has 1 N–H and O–H groups in total. The van der Waals surface area contributed by atoms with Crippen LogP contribution in [0.4, 0.5) is 0 Å². The van der Waals surface area contributed by atoms with Crippen molar-refractivity contribution in [3.05, 3.63) is 59.2 Å². The summed E-state index contributed by atoms with van der Waals surface area (Å²) in [5.41, 5.74) is 3.76. The Bertz CT molecular complexity index is 864. The van der Waals surface area contributed by atoms with Crippen molar-refractivity contribution in [1.82, 2.24) is 10.2 Å². The van der Waals surface area contributed by atoms with Crippen LogP contribution < -0.4 is 14.8 Å². The van der Waals surface area contributed by atoms with E-state index < -0.39 is 0 Å². The zero-order valence-corrected chi connectivity index (χ0v) is 17.5. The summed E-state index contributed by atoms with van der Waals surface area (Å²) < 4.78 is 11.1. The molecule has 2 aromatic rings. The number of ether oxygens (including phenoxy) is 2. The van der Waals surface area contributed by atoms with Crippen molar-refractivity contribution in [2.45, 2.75) is 44.8 Å². The number of amides is 1. The van der Waals surface area contributed by atoms with Crippen LogP contribution in [0.5, 0.6) is 11.5 Å². The van der Waals surface area contributed by atoms with Gasteiger partial charge in [0.15, 0.2) is 11.5 Å². The Hall–Kier alpha value is -2.53. The lowest BCUT2D eigenvalue weighted by atomic mass is 9.87. The van der Waals surface area contributed by atoms with E-state index in [1.807, 2.05) is 6.07 Å². The average Bonchev–Trinajstić information content (AvgIpc) is 3.58. The normalized spacial score (nSPS) is 19.9. The Balaban J connectivity index is 1.67. The van der Waals surface area contributed by atoms with Gasteiger partial charge in [0.05, 0.1) is 20.3 Å². The third-order valence-electron chi connectivity index (χ3n) is 6.05. The lowest BCUT2D eigenvalue weighted by molar-refractivity contribution is -0.123. The quantitative estimate of drug-likeness (QED) is 0.778. The van der Waals surface area contributed by atoms with Gasteiger partial charge in [-0.3, -0.25) is 9.69 Å². The van der Waals surface area contributed by atoms with E-state index in [9.17, 15) is 4.79 Å². The highest BCUT2D eigenvalue weighted by molar-refractivity contribution is 5.81. The van der Waals surface area contributed by atoms with E-state index in [1.54, 1.807) is 14.2 Å². The van der Waals surface area contributed by atoms with Crippen LogP contribution in [0.1, 0.15) is 42.5 Å². The molecule has 1 aliphatic carbocycles. The van der Waals surface area contributed by atoms with Gasteiger partial charge in [0.1, 0.15) is 0 Å². The van der Waals surface area contributed by atoms with E-state index in [4.69, 9.17) is 9.47 Å². The molecule has 0 spiro atoms. The third kappa shape index (κ3) is 4.25. The van der Waals surface area contributed by atoms with Crippen molar-refractivity contribution in [1.29, 1.82) is 0 Å². The van der Waals surface area contributed by atoms with Crippen molar-refractivity contribution in [2.24, 2.45) is 5.92 Å². The molecule has 1 aliphatic heterocycles. The van der Waals surface area contributed by atoms with Gasteiger partial charge in [-0.15, -0.1) is 0 Å². The molecule has 0 saturated heterocycles. The van der Waals surface area contributed by atoms with Gasteiger partial charge < -0.3 is 14.8 Å². The van der Waals surface area contributed by atoms with Gasteiger partial charge in [0.2, 0.25) is 5.91 Å². The molecule has 1 saturated carbocycles. The topological polar surface area (TPSA) is 50.8 Å². The maximum atomic E-state index is 12.5. The maximum Gasteiger partial charge on any atom is 0.223 e. The number of hydrogen-bond donors (Lipinski definition) is 1. The predicted molar refractivity (Wildman–Crippen MR) is 113 cm³/mol. The molecule has 1 heterocycles. The summed E-state index contributed by atoms with van der Waals surface area (Å²) in [6.45, 7) is 3.91. The molecule has 2 atom stereocenters. The van der Waals surface area contributed by atoms with Crippen molar-refractivity contribution in [2.75, 3.05) is 20.8 Å². The van der Waals surface area contributed by atoms with Crippen molar-refractivity contribution in [3.8, 4) is 11.5 Å². The van der Waals surface area contributed by atoms with Gasteiger partial charge >= 0.3 is 0 Å². The molecule has 2 aromatic carbocycles. The van der Waals surface area contributed by atoms with Crippen molar-refractivity contribution < 1.29 is 14.3 Å². The monoisotopic (exact) mass is 394 g/mol. The highest BCUT2D eigenvalue weighted by atomic mass is 16.5. The zero-order valence-electron chi connectivity index (χ0n) is 17.5. The summed E-state index contributed by atoms with van der Waals surface area (Å²) in [4.78, 5) is 15.0. The second-order valence-electron chi connectivity index (χ2n) is 8.13. The lowest BCUT2D eigenvalue weighted by Gasteiger charge is -2.41. The van der Waals surface area contributed by atoms with E-state index >= 15 is 0 Å². The summed E-state index contributed by atoms with van der Waals surface area (Å²) in [7, 11) is 3.34. The Kier molecular flexibility index (Phi) is 5.76. The third-order valence-corrected chi connectivity index (χ3v) is 6.05. The average molecular weight is 395 g/mol. The lowest BCUT2D eigenvalue weighted by Crippen LogP contribution is -2.47. The van der Waals surface area contributed by atoms with Gasteiger partial charge in [-0.1, -0.05) is 30.3 Å². The van der Waals surface area contributed by atoms with Crippen LogP contribution in [0.2, 0.25) is 0 Å². The van der Waals surface area contributed by atoms with Crippen LogP contribution in [0.15, 0.2) is 42.5 Å². The van der Waals surface area contributed by atoms with Crippen molar-refractivity contribution in [3.63, 3.8) is 0 Å². The maximum absolute atomic E-state index is 12.5. The SMILES string of the molecule is COc1cc2c(cc1OC)[C@@H]([C@@H](C)NC(=O)C1CC1)N(Cc1ccccc1)CC2. The molecule has 4 rings (SSSR count). The molecular formula is C24H30N2O3. The summed E-state index contributed by atoms with van der Waals surface area (Å²) in [6, 6.07) is 14.8. The summed E-state index contributed by atoms with van der Waals surface area (Å²) in [5.74, 6) is 1.88. The Morgan fingerprint density at radius 2 is 1.83 bits per heavy atom. The molecule has 0 unspecified atom stereocenters. The number of rotatable bonds is 7. The first kappa shape index (κ1) is 19.8. The first-order valence-corrected chi connectivity index (χ1v) is 10.4. The Labute approximate surface area is 173 Å². The number of methoxy groups -OCH3 is 2. The van der Waals surface area contributed by atoms with E-state index in [2.05, 4.69) is 53.5 Å². The standard InChI is InChI=1S/C24H30N2O3/c1-16(25-24(27)18-9-10-18)23-20-14-22(29-3)21(28-2)13-19(20)11-12-26(23)15-17-7-5-4-6-8-17/h4-8,13-14,16,18,23H,9-12,15H2,1-3H3,(H,25,27)/t16-,23-/m1/s1. The highest BCUT2D eigenvalue weighted by Gasteiger charge is 2.36. The van der Waals surface area contributed by atoms with Crippen LogP contribution >= 0.6 is 0 Å². The van der Waals surface area contributed by atoms with Crippen LogP contribution in [0, 0.1) is 5.92 Å². The van der Waals surface area contributed by atoms with E-state index in [0.29, 0.717) is 0 Å². The number of nitrogens with zero attached hydrogens (tertiary/aromatic N) is 1. The Morgan fingerprint density at radius 3 is 2.48 bits per heavy atom. The summed E-state index contributed by atoms with van der Waals surface area (Å²) in [5, 5.41) is 3.28. The summed E-state index contributed by atoms with van der Waals surface area (Å²) in [6.07, 6.45) is 2.97. The number of fused-ring (bicyclic) bond motifs is 1. The molecule has 0 bridgehead atoms. The molecule has 0 aromatic heterocycles. The van der Waals surface area contributed by atoms with E-state index in [-0.39, 0.29) is 23.9 Å². The molecule has 29 heavy (non-hydrogen) atoms. The fourth-order valence-corrected chi connectivity index (χ4v) is 4.38. The fourth-order valence-electron chi connectivity index (χ4n) is 4.38.